The van der Waals surface area contributed by atoms with E-state index in [1.807, 2.05) is 37.3 Å². The molecule has 1 N–H and O–H groups in total. The van der Waals surface area contributed by atoms with Gasteiger partial charge in [-0.05, 0) is 36.1 Å². The summed E-state index contributed by atoms with van der Waals surface area (Å²) in [6.07, 6.45) is 2.13. The first-order chi connectivity index (χ1) is 14.0. The monoisotopic (exact) mass is 394 g/mol. The van der Waals surface area contributed by atoms with Crippen molar-refractivity contribution in [1.29, 1.82) is 0 Å². The maximum absolute atomic E-state index is 13.3. The Morgan fingerprint density at radius 3 is 2.31 bits per heavy atom. The van der Waals surface area contributed by atoms with E-state index in [0.29, 0.717) is 41.8 Å². The van der Waals surface area contributed by atoms with Crippen molar-refractivity contribution < 1.29 is 19.1 Å². The molecule has 0 bridgehead atoms. The maximum Gasteiger partial charge on any atom is 0.338 e. The topological polar surface area (TPSA) is 75.7 Å². The van der Waals surface area contributed by atoms with Crippen LogP contribution in [0.15, 0.2) is 48.5 Å². The van der Waals surface area contributed by atoms with Gasteiger partial charge < -0.3 is 15.0 Å². The Balaban J connectivity index is 1.91. The Morgan fingerprint density at radius 2 is 1.66 bits per heavy atom. The fraction of sp³-hybridized carbons (Fsp3) is 0.348. The van der Waals surface area contributed by atoms with E-state index in [1.165, 1.54) is 7.11 Å². The summed E-state index contributed by atoms with van der Waals surface area (Å²) in [5.41, 5.74) is 2.31. The lowest BCUT2D eigenvalue weighted by Gasteiger charge is -2.33. The van der Waals surface area contributed by atoms with Crippen molar-refractivity contribution in [2.24, 2.45) is 0 Å². The fourth-order valence-electron chi connectivity index (χ4n) is 3.69. The summed E-state index contributed by atoms with van der Waals surface area (Å²) in [5.74, 6) is -0.546. The second-order valence-electron chi connectivity index (χ2n) is 7.09. The molecule has 152 valence electrons. The third-order valence-corrected chi connectivity index (χ3v) is 5.17. The molecule has 1 saturated heterocycles. The summed E-state index contributed by atoms with van der Waals surface area (Å²) in [6.45, 7) is 2.94. The first kappa shape index (κ1) is 20.6. The zero-order valence-corrected chi connectivity index (χ0v) is 16.8. The minimum absolute atomic E-state index is 0.00305. The number of nitrogens with zero attached hydrogens (tertiary/aromatic N) is 1. The number of esters is 1. The van der Waals surface area contributed by atoms with Crippen LogP contribution in [0.1, 0.15) is 46.9 Å². The average molecular weight is 394 g/mol. The predicted octanol–water partition coefficient (Wildman–Crippen LogP) is 3.27. The molecule has 1 unspecified atom stereocenters. The second-order valence-corrected chi connectivity index (χ2v) is 7.09. The largest absolute Gasteiger partial charge is 0.465 e. The SMILES string of the molecule is CCC(=O)NC1CCCN(C(=O)c2ccccc2-c2ccccc2C(=O)OC)C1. The van der Waals surface area contributed by atoms with Gasteiger partial charge in [-0.15, -0.1) is 0 Å². The Hall–Kier alpha value is -3.15. The molecule has 6 heteroatoms. The summed E-state index contributed by atoms with van der Waals surface area (Å²) in [5, 5.41) is 2.99. The van der Waals surface area contributed by atoms with Crippen molar-refractivity contribution in [3.63, 3.8) is 0 Å². The third-order valence-electron chi connectivity index (χ3n) is 5.17. The van der Waals surface area contributed by atoms with E-state index in [2.05, 4.69) is 5.32 Å². The van der Waals surface area contributed by atoms with Gasteiger partial charge in [0, 0.05) is 31.1 Å². The molecule has 0 aromatic heterocycles. The Bertz CT molecular complexity index is 909. The number of rotatable bonds is 5. The van der Waals surface area contributed by atoms with E-state index in [-0.39, 0.29) is 17.9 Å². The van der Waals surface area contributed by atoms with Gasteiger partial charge in [0.1, 0.15) is 0 Å². The molecule has 2 aromatic carbocycles. The van der Waals surface area contributed by atoms with E-state index in [9.17, 15) is 14.4 Å². The molecule has 3 rings (SSSR count). The number of carbonyl (C=O) groups is 3. The smallest absolute Gasteiger partial charge is 0.338 e. The van der Waals surface area contributed by atoms with Crippen LogP contribution in [0.3, 0.4) is 0 Å². The van der Waals surface area contributed by atoms with Gasteiger partial charge >= 0.3 is 5.97 Å². The quantitative estimate of drug-likeness (QED) is 0.790. The number of hydrogen-bond acceptors (Lipinski definition) is 4. The van der Waals surface area contributed by atoms with Crippen molar-refractivity contribution >= 4 is 17.8 Å². The number of amides is 2. The van der Waals surface area contributed by atoms with Gasteiger partial charge in [0.15, 0.2) is 0 Å². The Morgan fingerprint density at radius 1 is 1.03 bits per heavy atom. The van der Waals surface area contributed by atoms with Gasteiger partial charge in [-0.3, -0.25) is 9.59 Å². The van der Waals surface area contributed by atoms with Gasteiger partial charge in [0.05, 0.1) is 12.7 Å². The minimum atomic E-state index is -0.442. The van der Waals surface area contributed by atoms with Crippen molar-refractivity contribution in [2.75, 3.05) is 20.2 Å². The number of nitrogens with one attached hydrogen (secondary N) is 1. The molecule has 0 saturated carbocycles. The van der Waals surface area contributed by atoms with Crippen LogP contribution in [-0.4, -0.2) is 48.9 Å². The molecule has 0 spiro atoms. The number of ether oxygens (including phenoxy) is 1. The lowest BCUT2D eigenvalue weighted by molar-refractivity contribution is -0.121. The molecule has 2 aromatic rings. The first-order valence-electron chi connectivity index (χ1n) is 9.90. The fourth-order valence-corrected chi connectivity index (χ4v) is 3.69. The molecular weight excluding hydrogens is 368 g/mol. The normalized spacial score (nSPS) is 16.2. The van der Waals surface area contributed by atoms with Crippen LogP contribution in [0.5, 0.6) is 0 Å². The van der Waals surface area contributed by atoms with Crippen LogP contribution in [0.4, 0.5) is 0 Å². The number of likely N-dealkylation sites (tertiary alicyclic amines) is 1. The molecule has 0 aliphatic carbocycles. The number of piperidine rings is 1. The maximum atomic E-state index is 13.3. The van der Waals surface area contributed by atoms with Gasteiger partial charge in [0.25, 0.3) is 5.91 Å². The highest BCUT2D eigenvalue weighted by atomic mass is 16.5. The summed E-state index contributed by atoms with van der Waals surface area (Å²) in [4.78, 5) is 39.1. The third kappa shape index (κ3) is 4.65. The molecule has 1 atom stereocenters. The molecule has 1 aliphatic rings. The van der Waals surface area contributed by atoms with Crippen molar-refractivity contribution in [2.45, 2.75) is 32.2 Å². The van der Waals surface area contributed by atoms with E-state index in [4.69, 9.17) is 4.74 Å². The van der Waals surface area contributed by atoms with Crippen LogP contribution >= 0.6 is 0 Å². The van der Waals surface area contributed by atoms with Crippen LogP contribution in [0.2, 0.25) is 0 Å². The molecule has 29 heavy (non-hydrogen) atoms. The summed E-state index contributed by atoms with van der Waals surface area (Å²) in [6, 6.07) is 14.4. The van der Waals surface area contributed by atoms with Gasteiger partial charge in [-0.1, -0.05) is 43.3 Å². The van der Waals surface area contributed by atoms with Crippen molar-refractivity contribution in [3.05, 3.63) is 59.7 Å². The van der Waals surface area contributed by atoms with Crippen LogP contribution in [-0.2, 0) is 9.53 Å². The number of carbonyl (C=O) groups excluding carboxylic acids is 3. The summed E-state index contributed by atoms with van der Waals surface area (Å²) in [7, 11) is 1.34. The minimum Gasteiger partial charge on any atom is -0.465 e. The van der Waals surface area contributed by atoms with Crippen LogP contribution in [0.25, 0.3) is 11.1 Å². The van der Waals surface area contributed by atoms with Crippen LogP contribution < -0.4 is 5.32 Å². The number of hydrogen-bond donors (Lipinski definition) is 1. The van der Waals surface area contributed by atoms with E-state index in [0.717, 1.165) is 12.8 Å². The highest BCUT2D eigenvalue weighted by molar-refractivity contribution is 6.05. The first-order valence-corrected chi connectivity index (χ1v) is 9.90. The Kier molecular flexibility index (Phi) is 6.65. The molecule has 0 radical (unpaired) electrons. The zero-order chi connectivity index (χ0) is 20.8. The highest BCUT2D eigenvalue weighted by Crippen LogP contribution is 2.29. The number of benzene rings is 2. The molecule has 1 fully saturated rings. The molecule has 1 aliphatic heterocycles. The standard InChI is InChI=1S/C23H26N2O4/c1-3-21(26)24-16-9-8-14-25(15-16)22(27)19-12-6-4-10-17(19)18-11-5-7-13-20(18)23(28)29-2/h4-7,10-13,16H,3,8-9,14-15H2,1-2H3,(H,24,26). The molecule has 1 heterocycles. The highest BCUT2D eigenvalue weighted by Gasteiger charge is 2.27. The number of methoxy groups -OCH3 is 1. The lowest BCUT2D eigenvalue weighted by Crippen LogP contribution is -2.49. The molecule has 6 nitrogen and oxygen atoms in total. The molecular formula is C23H26N2O4. The molecule has 2 amide bonds. The Labute approximate surface area is 170 Å². The average Bonchev–Trinajstić information content (AvgIpc) is 2.78. The second kappa shape index (κ2) is 9.37. The van der Waals surface area contributed by atoms with E-state index in [1.54, 1.807) is 23.1 Å². The predicted molar refractivity (Wildman–Crippen MR) is 111 cm³/mol. The summed E-state index contributed by atoms with van der Waals surface area (Å²) >= 11 is 0. The van der Waals surface area contributed by atoms with Crippen molar-refractivity contribution in [3.8, 4) is 11.1 Å². The zero-order valence-electron chi connectivity index (χ0n) is 16.8. The van der Waals surface area contributed by atoms with Gasteiger partial charge in [-0.2, -0.15) is 0 Å². The van der Waals surface area contributed by atoms with Crippen LogP contribution in [0, 0.1) is 0 Å². The van der Waals surface area contributed by atoms with Gasteiger partial charge in [0.2, 0.25) is 5.91 Å². The van der Waals surface area contributed by atoms with Crippen molar-refractivity contribution in [1.82, 2.24) is 10.2 Å². The van der Waals surface area contributed by atoms with E-state index < -0.39 is 5.97 Å². The lowest BCUT2D eigenvalue weighted by atomic mass is 9.94. The summed E-state index contributed by atoms with van der Waals surface area (Å²) < 4.78 is 4.90. The van der Waals surface area contributed by atoms with E-state index >= 15 is 0 Å². The van der Waals surface area contributed by atoms with Gasteiger partial charge in [-0.25, -0.2) is 4.79 Å².